The van der Waals surface area contributed by atoms with E-state index < -0.39 is 0 Å². The lowest BCUT2D eigenvalue weighted by molar-refractivity contribution is -0.132. The number of hydrogen-bond donors (Lipinski definition) is 0. The van der Waals surface area contributed by atoms with Crippen LogP contribution in [-0.4, -0.2) is 70.6 Å². The number of hydrogen-bond acceptors (Lipinski definition) is 6. The SMILES string of the molecule is O=C(CN(C(=O)c1ccco1)C1CC1)N1CCN(c2ccc(-c3ccccc3)nn2)CC1. The summed E-state index contributed by atoms with van der Waals surface area (Å²) in [7, 11) is 0. The van der Waals surface area contributed by atoms with E-state index in [0.29, 0.717) is 26.2 Å². The summed E-state index contributed by atoms with van der Waals surface area (Å²) < 4.78 is 5.25. The van der Waals surface area contributed by atoms with Gasteiger partial charge in [0.05, 0.1) is 12.0 Å². The monoisotopic (exact) mass is 431 g/mol. The van der Waals surface area contributed by atoms with Crippen molar-refractivity contribution >= 4 is 17.6 Å². The lowest BCUT2D eigenvalue weighted by atomic mass is 10.1. The molecule has 2 fully saturated rings. The summed E-state index contributed by atoms with van der Waals surface area (Å²) in [6.07, 6.45) is 3.35. The van der Waals surface area contributed by atoms with E-state index >= 15 is 0 Å². The number of benzene rings is 1. The topological polar surface area (TPSA) is 82.8 Å². The number of furan rings is 1. The van der Waals surface area contributed by atoms with Crippen molar-refractivity contribution in [2.75, 3.05) is 37.6 Å². The second kappa shape index (κ2) is 8.82. The van der Waals surface area contributed by atoms with Gasteiger partial charge in [-0.3, -0.25) is 9.59 Å². The van der Waals surface area contributed by atoms with Crippen LogP contribution in [0.1, 0.15) is 23.4 Å². The van der Waals surface area contributed by atoms with Crippen molar-refractivity contribution in [1.82, 2.24) is 20.0 Å². The van der Waals surface area contributed by atoms with Gasteiger partial charge in [-0.1, -0.05) is 30.3 Å². The van der Waals surface area contributed by atoms with Crippen LogP contribution in [-0.2, 0) is 4.79 Å². The van der Waals surface area contributed by atoms with Crippen LogP contribution in [0.5, 0.6) is 0 Å². The van der Waals surface area contributed by atoms with Gasteiger partial charge in [0.1, 0.15) is 6.54 Å². The molecule has 0 atom stereocenters. The van der Waals surface area contributed by atoms with Gasteiger partial charge < -0.3 is 19.1 Å². The molecular weight excluding hydrogens is 406 g/mol. The molecule has 2 aliphatic rings. The lowest BCUT2D eigenvalue weighted by Crippen LogP contribution is -2.52. The van der Waals surface area contributed by atoms with Crippen molar-refractivity contribution in [2.45, 2.75) is 18.9 Å². The van der Waals surface area contributed by atoms with Crippen LogP contribution in [0.3, 0.4) is 0 Å². The van der Waals surface area contributed by atoms with E-state index in [4.69, 9.17) is 4.42 Å². The van der Waals surface area contributed by atoms with Crippen molar-refractivity contribution in [1.29, 1.82) is 0 Å². The molecule has 1 aliphatic heterocycles. The Labute approximate surface area is 186 Å². The molecule has 1 aromatic carbocycles. The summed E-state index contributed by atoms with van der Waals surface area (Å²) in [6, 6.07) is 17.4. The highest BCUT2D eigenvalue weighted by atomic mass is 16.3. The third kappa shape index (κ3) is 4.34. The zero-order chi connectivity index (χ0) is 21.9. The summed E-state index contributed by atoms with van der Waals surface area (Å²) in [5.74, 6) is 0.858. The zero-order valence-electron chi connectivity index (χ0n) is 17.8. The second-order valence-electron chi connectivity index (χ2n) is 8.15. The van der Waals surface area contributed by atoms with Crippen LogP contribution in [0.15, 0.2) is 65.3 Å². The fraction of sp³-hybridized carbons (Fsp3) is 0.333. The van der Waals surface area contributed by atoms with E-state index in [1.165, 1.54) is 6.26 Å². The van der Waals surface area contributed by atoms with Crippen LogP contribution in [0.4, 0.5) is 5.82 Å². The van der Waals surface area contributed by atoms with Crippen LogP contribution in [0.25, 0.3) is 11.3 Å². The van der Waals surface area contributed by atoms with E-state index in [-0.39, 0.29) is 30.2 Å². The maximum atomic E-state index is 12.9. The van der Waals surface area contributed by atoms with Crippen molar-refractivity contribution in [3.63, 3.8) is 0 Å². The summed E-state index contributed by atoms with van der Waals surface area (Å²) in [5.41, 5.74) is 1.87. The molecule has 0 unspecified atom stereocenters. The molecule has 0 bridgehead atoms. The second-order valence-corrected chi connectivity index (χ2v) is 8.15. The minimum Gasteiger partial charge on any atom is -0.459 e. The maximum absolute atomic E-state index is 12.9. The Bertz CT molecular complexity index is 1060. The van der Waals surface area contributed by atoms with Crippen LogP contribution in [0.2, 0.25) is 0 Å². The zero-order valence-corrected chi connectivity index (χ0v) is 17.8. The smallest absolute Gasteiger partial charge is 0.290 e. The number of carbonyl (C=O) groups is 2. The average molecular weight is 431 g/mol. The van der Waals surface area contributed by atoms with Gasteiger partial charge in [-0.2, -0.15) is 0 Å². The largest absolute Gasteiger partial charge is 0.459 e. The predicted octanol–water partition coefficient (Wildman–Crippen LogP) is 2.69. The van der Waals surface area contributed by atoms with E-state index in [0.717, 1.165) is 29.9 Å². The molecule has 5 rings (SSSR count). The first-order chi connectivity index (χ1) is 15.7. The molecule has 164 valence electrons. The number of nitrogens with zero attached hydrogens (tertiary/aromatic N) is 5. The molecule has 3 heterocycles. The third-order valence-corrected chi connectivity index (χ3v) is 5.96. The van der Waals surface area contributed by atoms with Gasteiger partial charge in [-0.25, -0.2) is 0 Å². The summed E-state index contributed by atoms with van der Waals surface area (Å²) in [4.78, 5) is 31.2. The minimum absolute atomic E-state index is 0.0260. The average Bonchev–Trinajstić information content (AvgIpc) is 3.55. The summed E-state index contributed by atoms with van der Waals surface area (Å²) >= 11 is 0. The normalized spacial score (nSPS) is 16.1. The number of rotatable bonds is 6. The maximum Gasteiger partial charge on any atom is 0.290 e. The van der Waals surface area contributed by atoms with Gasteiger partial charge >= 0.3 is 0 Å². The van der Waals surface area contributed by atoms with Crippen LogP contribution < -0.4 is 4.90 Å². The van der Waals surface area contributed by atoms with Crippen LogP contribution >= 0.6 is 0 Å². The standard InChI is InChI=1S/C24H25N5O3/c30-23(17-29(19-8-9-19)24(31)21-7-4-16-32-21)28-14-12-27(13-15-28)22-11-10-20(25-26-22)18-5-2-1-3-6-18/h1-7,10-11,16,19H,8-9,12-15,17H2. The van der Waals surface area contributed by atoms with Gasteiger partial charge in [0.25, 0.3) is 5.91 Å². The molecule has 8 nitrogen and oxygen atoms in total. The van der Waals surface area contributed by atoms with Gasteiger partial charge in [0.2, 0.25) is 5.91 Å². The number of aromatic nitrogens is 2. The van der Waals surface area contributed by atoms with Gasteiger partial charge in [0, 0.05) is 37.8 Å². The first-order valence-corrected chi connectivity index (χ1v) is 11.0. The minimum atomic E-state index is -0.210. The summed E-state index contributed by atoms with van der Waals surface area (Å²) in [6.45, 7) is 2.64. The fourth-order valence-corrected chi connectivity index (χ4v) is 3.98. The highest BCUT2D eigenvalue weighted by Gasteiger charge is 2.36. The van der Waals surface area contributed by atoms with E-state index in [9.17, 15) is 9.59 Å². The van der Waals surface area contributed by atoms with E-state index in [1.54, 1.807) is 17.0 Å². The summed E-state index contributed by atoms with van der Waals surface area (Å²) in [5, 5.41) is 8.75. The molecule has 0 spiro atoms. The number of piperazine rings is 1. The molecule has 2 aromatic heterocycles. The lowest BCUT2D eigenvalue weighted by Gasteiger charge is -2.36. The number of carbonyl (C=O) groups excluding carboxylic acids is 2. The number of amides is 2. The van der Waals surface area contributed by atoms with Crippen molar-refractivity contribution < 1.29 is 14.0 Å². The first kappa shape index (κ1) is 20.2. The Morgan fingerprint density at radius 1 is 0.938 bits per heavy atom. The molecule has 0 N–H and O–H groups in total. The number of anilines is 1. The molecule has 1 saturated heterocycles. The Morgan fingerprint density at radius 3 is 2.34 bits per heavy atom. The van der Waals surface area contributed by atoms with E-state index in [1.807, 2.05) is 47.4 Å². The van der Waals surface area contributed by atoms with Gasteiger partial charge in [-0.05, 0) is 37.1 Å². The molecule has 1 saturated carbocycles. The molecular formula is C24H25N5O3. The molecule has 1 aliphatic carbocycles. The fourth-order valence-electron chi connectivity index (χ4n) is 3.98. The van der Waals surface area contributed by atoms with Gasteiger partial charge in [-0.15, -0.1) is 10.2 Å². The molecule has 0 radical (unpaired) electrons. The third-order valence-electron chi connectivity index (χ3n) is 5.96. The van der Waals surface area contributed by atoms with Crippen molar-refractivity contribution in [3.8, 4) is 11.3 Å². The Kier molecular flexibility index (Phi) is 5.58. The van der Waals surface area contributed by atoms with Crippen LogP contribution in [0, 0.1) is 0 Å². The molecule has 8 heteroatoms. The molecule has 32 heavy (non-hydrogen) atoms. The Morgan fingerprint density at radius 2 is 1.72 bits per heavy atom. The Balaban J connectivity index is 1.17. The highest BCUT2D eigenvalue weighted by Crippen LogP contribution is 2.28. The Hall–Kier alpha value is -3.68. The van der Waals surface area contributed by atoms with E-state index in [2.05, 4.69) is 15.1 Å². The molecule has 3 aromatic rings. The predicted molar refractivity (Wildman–Crippen MR) is 119 cm³/mol. The molecule has 2 amide bonds. The van der Waals surface area contributed by atoms with Gasteiger partial charge in [0.15, 0.2) is 11.6 Å². The van der Waals surface area contributed by atoms with Crippen molar-refractivity contribution in [2.24, 2.45) is 0 Å². The van der Waals surface area contributed by atoms with Crippen molar-refractivity contribution in [3.05, 3.63) is 66.6 Å². The quantitative estimate of drug-likeness (QED) is 0.597. The first-order valence-electron chi connectivity index (χ1n) is 11.0. The highest BCUT2D eigenvalue weighted by molar-refractivity contribution is 5.94.